The van der Waals surface area contributed by atoms with Crippen molar-refractivity contribution in [1.29, 1.82) is 0 Å². The first kappa shape index (κ1) is 15.2. The van der Waals surface area contributed by atoms with Gasteiger partial charge in [-0.25, -0.2) is 9.67 Å². The molecule has 0 unspecified atom stereocenters. The van der Waals surface area contributed by atoms with Crippen molar-refractivity contribution in [2.75, 3.05) is 5.32 Å². The molecular weight excluding hydrogens is 329 g/mol. The molecule has 0 aliphatic carbocycles. The number of para-hydroxylation sites is 1. The predicted molar refractivity (Wildman–Crippen MR) is 78.6 cm³/mol. The third kappa shape index (κ3) is 3.24. The highest BCUT2D eigenvalue weighted by Crippen LogP contribution is 2.32. The number of anilines is 1. The number of aromatic nitrogens is 3. The lowest BCUT2D eigenvalue weighted by atomic mass is 10.2. The zero-order chi connectivity index (χ0) is 16.4. The fourth-order valence-corrected chi connectivity index (χ4v) is 2.46. The zero-order valence-electron chi connectivity index (χ0n) is 11.4. The van der Waals surface area contributed by atoms with Gasteiger partial charge in [0.25, 0.3) is 5.91 Å². The fourth-order valence-electron chi connectivity index (χ4n) is 1.90. The maximum absolute atomic E-state index is 13.1. The van der Waals surface area contributed by atoms with E-state index in [1.165, 1.54) is 6.20 Å². The number of thiazole rings is 1. The van der Waals surface area contributed by atoms with Crippen molar-refractivity contribution in [3.63, 3.8) is 0 Å². The van der Waals surface area contributed by atoms with E-state index < -0.39 is 23.3 Å². The van der Waals surface area contributed by atoms with Crippen LogP contribution in [0.4, 0.5) is 18.9 Å². The molecule has 5 nitrogen and oxygen atoms in total. The Balaban J connectivity index is 1.98. The largest absolute Gasteiger partial charge is 0.435 e. The smallest absolute Gasteiger partial charge is 0.322 e. The van der Waals surface area contributed by atoms with E-state index in [9.17, 15) is 18.0 Å². The molecule has 3 aromatic rings. The summed E-state index contributed by atoms with van der Waals surface area (Å²) in [4.78, 5) is 16.1. The molecule has 118 valence electrons. The highest BCUT2D eigenvalue weighted by molar-refractivity contribution is 7.12. The highest BCUT2D eigenvalue weighted by Gasteiger charge is 2.39. The van der Waals surface area contributed by atoms with E-state index in [0.29, 0.717) is 5.69 Å². The van der Waals surface area contributed by atoms with E-state index in [1.807, 2.05) is 0 Å². The first-order valence-corrected chi connectivity index (χ1v) is 7.26. The van der Waals surface area contributed by atoms with Gasteiger partial charge in [-0.3, -0.25) is 4.79 Å². The summed E-state index contributed by atoms with van der Waals surface area (Å²) < 4.78 is 40.3. The average Bonchev–Trinajstić information content (AvgIpc) is 3.17. The van der Waals surface area contributed by atoms with Crippen molar-refractivity contribution < 1.29 is 18.0 Å². The molecule has 0 aliphatic heterocycles. The Kier molecular flexibility index (Phi) is 3.87. The average molecular weight is 338 g/mol. The van der Waals surface area contributed by atoms with Crippen molar-refractivity contribution in [2.24, 2.45) is 0 Å². The molecule has 23 heavy (non-hydrogen) atoms. The van der Waals surface area contributed by atoms with Crippen LogP contribution in [0.1, 0.15) is 16.1 Å². The van der Waals surface area contributed by atoms with Crippen molar-refractivity contribution in [1.82, 2.24) is 14.8 Å². The second-order valence-corrected chi connectivity index (χ2v) is 5.34. The molecule has 0 aliphatic rings. The first-order chi connectivity index (χ1) is 10.9. The maximum Gasteiger partial charge on any atom is 0.435 e. The summed E-state index contributed by atoms with van der Waals surface area (Å²) in [6.45, 7) is 0. The standard InChI is InChI=1S/C14H9F3N4OS/c15-14(16,17)11-10(8-21(20-11)13-18-6-7-23-13)12(22)19-9-4-2-1-3-5-9/h1-8H,(H,19,22). The molecule has 0 radical (unpaired) electrons. The lowest BCUT2D eigenvalue weighted by Crippen LogP contribution is -2.17. The molecule has 0 fully saturated rings. The number of hydrogen-bond acceptors (Lipinski definition) is 4. The normalized spacial score (nSPS) is 11.4. The van der Waals surface area contributed by atoms with Crippen LogP contribution >= 0.6 is 11.3 Å². The Morgan fingerprint density at radius 2 is 1.96 bits per heavy atom. The molecule has 2 aromatic heterocycles. The van der Waals surface area contributed by atoms with Gasteiger partial charge in [-0.15, -0.1) is 11.3 Å². The van der Waals surface area contributed by atoms with Crippen LogP contribution in [0.5, 0.6) is 0 Å². The lowest BCUT2D eigenvalue weighted by molar-refractivity contribution is -0.141. The minimum Gasteiger partial charge on any atom is -0.322 e. The third-order valence-corrected chi connectivity index (χ3v) is 3.64. The van der Waals surface area contributed by atoms with Gasteiger partial charge in [0.1, 0.15) is 0 Å². The van der Waals surface area contributed by atoms with Gasteiger partial charge in [0, 0.05) is 23.5 Å². The number of carbonyl (C=O) groups is 1. The topological polar surface area (TPSA) is 59.8 Å². The molecule has 1 aromatic carbocycles. The van der Waals surface area contributed by atoms with Gasteiger partial charge in [-0.05, 0) is 12.1 Å². The minimum atomic E-state index is -4.74. The molecule has 0 atom stereocenters. The fraction of sp³-hybridized carbons (Fsp3) is 0.0714. The predicted octanol–water partition coefficient (Wildman–Crippen LogP) is 3.60. The summed E-state index contributed by atoms with van der Waals surface area (Å²) in [6, 6.07) is 8.22. The van der Waals surface area contributed by atoms with Crippen molar-refractivity contribution in [3.05, 3.63) is 59.4 Å². The van der Waals surface area contributed by atoms with Crippen LogP contribution in [0.15, 0.2) is 48.1 Å². The summed E-state index contributed by atoms with van der Waals surface area (Å²) in [5, 5.41) is 7.74. The van der Waals surface area contributed by atoms with Gasteiger partial charge in [-0.2, -0.15) is 18.3 Å². The number of amides is 1. The van der Waals surface area contributed by atoms with Crippen molar-refractivity contribution >= 4 is 22.9 Å². The Bertz CT molecular complexity index is 812. The number of nitrogens with one attached hydrogen (secondary N) is 1. The number of alkyl halides is 3. The van der Waals surface area contributed by atoms with E-state index in [-0.39, 0.29) is 5.13 Å². The number of carbonyl (C=O) groups excluding carboxylic acids is 1. The Morgan fingerprint density at radius 1 is 1.22 bits per heavy atom. The molecule has 3 rings (SSSR count). The third-order valence-electron chi connectivity index (χ3n) is 2.87. The molecule has 1 amide bonds. The monoisotopic (exact) mass is 338 g/mol. The number of benzene rings is 1. The maximum atomic E-state index is 13.1. The van der Waals surface area contributed by atoms with E-state index in [0.717, 1.165) is 22.2 Å². The summed E-state index contributed by atoms with van der Waals surface area (Å²) in [5.41, 5.74) is -1.41. The van der Waals surface area contributed by atoms with E-state index in [2.05, 4.69) is 15.4 Å². The Labute approximate surface area is 132 Å². The summed E-state index contributed by atoms with van der Waals surface area (Å²) in [5.74, 6) is -0.883. The Hall–Kier alpha value is -2.68. The second-order valence-electron chi connectivity index (χ2n) is 4.47. The number of halogens is 3. The minimum absolute atomic E-state index is 0.245. The SMILES string of the molecule is O=C(Nc1ccccc1)c1cn(-c2nccs2)nc1C(F)(F)F. The van der Waals surface area contributed by atoms with Gasteiger partial charge >= 0.3 is 6.18 Å². The molecular formula is C14H9F3N4OS. The molecule has 1 N–H and O–H groups in total. The summed E-state index contributed by atoms with van der Waals surface area (Å²) in [6.07, 6.45) is -2.27. The first-order valence-electron chi connectivity index (χ1n) is 6.38. The van der Waals surface area contributed by atoms with Crippen LogP contribution in [-0.2, 0) is 6.18 Å². The van der Waals surface area contributed by atoms with Crippen molar-refractivity contribution in [3.8, 4) is 5.13 Å². The molecule has 0 saturated heterocycles. The molecule has 2 heterocycles. The molecule has 9 heteroatoms. The van der Waals surface area contributed by atoms with Crippen LogP contribution in [0.25, 0.3) is 5.13 Å². The lowest BCUT2D eigenvalue weighted by Gasteiger charge is -2.07. The van der Waals surface area contributed by atoms with E-state index in [4.69, 9.17) is 0 Å². The van der Waals surface area contributed by atoms with Gasteiger partial charge in [0.05, 0.1) is 5.56 Å². The number of rotatable bonds is 3. The van der Waals surface area contributed by atoms with Gasteiger partial charge in [0.15, 0.2) is 5.69 Å². The highest BCUT2D eigenvalue weighted by atomic mass is 32.1. The van der Waals surface area contributed by atoms with Crippen molar-refractivity contribution in [2.45, 2.75) is 6.18 Å². The molecule has 0 spiro atoms. The molecule has 0 saturated carbocycles. The number of hydrogen-bond donors (Lipinski definition) is 1. The van der Waals surface area contributed by atoms with E-state index in [1.54, 1.807) is 35.7 Å². The summed E-state index contributed by atoms with van der Waals surface area (Å²) >= 11 is 1.11. The van der Waals surface area contributed by atoms with Crippen LogP contribution in [0.2, 0.25) is 0 Å². The van der Waals surface area contributed by atoms with Crippen LogP contribution < -0.4 is 5.32 Å². The van der Waals surface area contributed by atoms with Gasteiger partial charge in [0.2, 0.25) is 5.13 Å². The number of nitrogens with zero attached hydrogens (tertiary/aromatic N) is 3. The van der Waals surface area contributed by atoms with Gasteiger partial charge in [-0.1, -0.05) is 18.2 Å². The van der Waals surface area contributed by atoms with Crippen LogP contribution in [-0.4, -0.2) is 20.7 Å². The van der Waals surface area contributed by atoms with E-state index >= 15 is 0 Å². The second kappa shape index (κ2) is 5.84. The van der Waals surface area contributed by atoms with Gasteiger partial charge < -0.3 is 5.32 Å². The zero-order valence-corrected chi connectivity index (χ0v) is 12.2. The Morgan fingerprint density at radius 3 is 2.57 bits per heavy atom. The van der Waals surface area contributed by atoms with Crippen LogP contribution in [0, 0.1) is 0 Å². The molecule has 0 bridgehead atoms. The quantitative estimate of drug-likeness (QED) is 0.794. The van der Waals surface area contributed by atoms with Crippen LogP contribution in [0.3, 0.4) is 0 Å². The summed E-state index contributed by atoms with van der Waals surface area (Å²) in [7, 11) is 0.